The van der Waals surface area contributed by atoms with Gasteiger partial charge in [-0.1, -0.05) is 29.3 Å². The molecule has 0 radical (unpaired) electrons. The Balaban J connectivity index is 2.05. The molecule has 0 aromatic heterocycles. The first-order chi connectivity index (χ1) is 11.0. The van der Waals surface area contributed by atoms with Crippen molar-refractivity contribution < 1.29 is 14.3 Å². The molecule has 118 valence electrons. The number of benzene rings is 2. The van der Waals surface area contributed by atoms with Gasteiger partial charge in [0.2, 0.25) is 0 Å². The number of rotatable bonds is 6. The Hall–Kier alpha value is -2.30. The Bertz CT molecular complexity index is 755. The van der Waals surface area contributed by atoms with Crippen LogP contribution in [0, 0.1) is 0 Å². The van der Waals surface area contributed by atoms with Crippen LogP contribution in [-0.4, -0.2) is 18.3 Å². The highest BCUT2D eigenvalue weighted by Crippen LogP contribution is 2.22. The summed E-state index contributed by atoms with van der Waals surface area (Å²) in [5, 5.41) is 1.00. The molecule has 6 heteroatoms. The van der Waals surface area contributed by atoms with E-state index in [1.807, 2.05) is 0 Å². The van der Waals surface area contributed by atoms with Gasteiger partial charge >= 0.3 is 0 Å². The highest BCUT2D eigenvalue weighted by molar-refractivity contribution is 6.35. The van der Waals surface area contributed by atoms with Crippen LogP contribution in [0.2, 0.25) is 10.0 Å². The number of amides is 1. The largest absolute Gasteiger partial charge is 0.484 e. The van der Waals surface area contributed by atoms with Gasteiger partial charge in [0.05, 0.1) is 0 Å². The molecule has 23 heavy (non-hydrogen) atoms. The molecule has 0 saturated heterocycles. The van der Waals surface area contributed by atoms with Crippen molar-refractivity contribution >= 4 is 41.0 Å². The van der Waals surface area contributed by atoms with Gasteiger partial charge in [0.25, 0.3) is 5.91 Å². The summed E-state index contributed by atoms with van der Waals surface area (Å²) < 4.78 is 5.12. The Morgan fingerprint density at radius 3 is 2.39 bits per heavy atom. The maximum Gasteiger partial charge on any atom is 0.255 e. The number of ether oxygens (including phenoxy) is 1. The molecule has 0 heterocycles. The van der Waals surface area contributed by atoms with Gasteiger partial charge in [0.15, 0.2) is 12.4 Å². The molecule has 2 N–H and O–H groups in total. The number of hydrogen-bond donors (Lipinski definition) is 1. The van der Waals surface area contributed by atoms with Crippen LogP contribution in [0.25, 0.3) is 6.08 Å². The molecule has 1 amide bonds. The number of carbonyl (C=O) groups excluding carboxylic acids is 2. The number of halogens is 2. The fourth-order valence-corrected chi connectivity index (χ4v) is 2.24. The van der Waals surface area contributed by atoms with E-state index in [0.29, 0.717) is 26.9 Å². The Morgan fingerprint density at radius 2 is 1.78 bits per heavy atom. The quantitative estimate of drug-likeness (QED) is 0.637. The molecule has 4 nitrogen and oxygen atoms in total. The van der Waals surface area contributed by atoms with Crippen molar-refractivity contribution in [2.75, 3.05) is 6.61 Å². The monoisotopic (exact) mass is 349 g/mol. The molecule has 2 aromatic rings. The van der Waals surface area contributed by atoms with E-state index in [9.17, 15) is 9.59 Å². The normalized spacial score (nSPS) is 10.7. The number of allylic oxidation sites excluding steroid dienone is 1. The van der Waals surface area contributed by atoms with E-state index in [2.05, 4.69) is 0 Å². The zero-order valence-corrected chi connectivity index (χ0v) is 13.5. The molecule has 0 atom stereocenters. The van der Waals surface area contributed by atoms with Crippen molar-refractivity contribution in [1.29, 1.82) is 0 Å². The summed E-state index contributed by atoms with van der Waals surface area (Å²) in [6.07, 6.45) is 3.05. The van der Waals surface area contributed by atoms with E-state index in [1.54, 1.807) is 48.5 Å². The van der Waals surface area contributed by atoms with Crippen LogP contribution in [0.1, 0.15) is 15.9 Å². The average Bonchev–Trinajstić information content (AvgIpc) is 2.52. The zero-order chi connectivity index (χ0) is 16.8. The number of hydrogen-bond acceptors (Lipinski definition) is 3. The summed E-state index contributed by atoms with van der Waals surface area (Å²) in [4.78, 5) is 22.7. The third-order valence-electron chi connectivity index (χ3n) is 2.90. The van der Waals surface area contributed by atoms with E-state index in [1.165, 1.54) is 6.08 Å². The van der Waals surface area contributed by atoms with E-state index in [-0.39, 0.29) is 12.4 Å². The first-order valence-electron chi connectivity index (χ1n) is 6.64. The van der Waals surface area contributed by atoms with Gasteiger partial charge in [-0.2, -0.15) is 0 Å². The lowest BCUT2D eigenvalue weighted by atomic mass is 10.1. The van der Waals surface area contributed by atoms with Crippen LogP contribution < -0.4 is 10.5 Å². The maximum atomic E-state index is 12.1. The van der Waals surface area contributed by atoms with Crippen molar-refractivity contribution in [3.8, 4) is 5.75 Å². The van der Waals surface area contributed by atoms with Crippen LogP contribution in [-0.2, 0) is 4.79 Å². The summed E-state index contributed by atoms with van der Waals surface area (Å²) in [6, 6.07) is 11.4. The predicted octanol–water partition coefficient (Wildman–Crippen LogP) is 3.75. The zero-order valence-electron chi connectivity index (χ0n) is 12.0. The van der Waals surface area contributed by atoms with Crippen molar-refractivity contribution in [2.45, 2.75) is 0 Å². The maximum absolute atomic E-state index is 12.1. The van der Waals surface area contributed by atoms with Gasteiger partial charge < -0.3 is 10.5 Å². The summed E-state index contributed by atoms with van der Waals surface area (Å²) in [5.74, 6) is -0.282. The van der Waals surface area contributed by atoms with Gasteiger partial charge in [-0.3, -0.25) is 9.59 Å². The minimum Gasteiger partial charge on any atom is -0.484 e. The molecule has 0 saturated carbocycles. The SMILES string of the molecule is NC(=O)COc1ccc(C(=O)/C=C/c2ccc(Cl)cc2Cl)cc1. The molecule has 0 aliphatic heterocycles. The van der Waals surface area contributed by atoms with Gasteiger partial charge in [0, 0.05) is 15.6 Å². The van der Waals surface area contributed by atoms with Crippen LogP contribution in [0.3, 0.4) is 0 Å². The van der Waals surface area contributed by atoms with E-state index in [0.717, 1.165) is 0 Å². The third-order valence-corrected chi connectivity index (χ3v) is 3.46. The van der Waals surface area contributed by atoms with Crippen molar-refractivity contribution in [2.24, 2.45) is 5.73 Å². The Morgan fingerprint density at radius 1 is 1.09 bits per heavy atom. The lowest BCUT2D eigenvalue weighted by Gasteiger charge is -2.04. The molecule has 0 aliphatic carbocycles. The first kappa shape index (κ1) is 17.1. The first-order valence-corrected chi connectivity index (χ1v) is 7.40. The molecule has 0 aliphatic rings. The highest BCUT2D eigenvalue weighted by Gasteiger charge is 2.04. The van der Waals surface area contributed by atoms with Crippen molar-refractivity contribution in [3.05, 3.63) is 69.7 Å². The molecule has 0 bridgehead atoms. The van der Waals surface area contributed by atoms with Gasteiger partial charge in [0.1, 0.15) is 5.75 Å². The number of primary amides is 1. The standard InChI is InChI=1S/C17H13Cl2NO3/c18-13-5-1-11(15(19)9-13)4-8-16(21)12-2-6-14(7-3-12)23-10-17(20)22/h1-9H,10H2,(H2,20,22)/b8-4+. The lowest BCUT2D eigenvalue weighted by Crippen LogP contribution is -2.19. The highest BCUT2D eigenvalue weighted by atomic mass is 35.5. The van der Waals surface area contributed by atoms with Crippen LogP contribution >= 0.6 is 23.2 Å². The molecule has 0 fully saturated rings. The Kier molecular flexibility index (Phi) is 5.79. The predicted molar refractivity (Wildman–Crippen MR) is 91.0 cm³/mol. The number of ketones is 1. The molecular weight excluding hydrogens is 337 g/mol. The summed E-state index contributed by atoms with van der Waals surface area (Å²) in [5.41, 5.74) is 6.17. The minimum absolute atomic E-state index is 0.183. The molecule has 2 aromatic carbocycles. The minimum atomic E-state index is -0.562. The summed E-state index contributed by atoms with van der Waals surface area (Å²) >= 11 is 11.9. The van der Waals surface area contributed by atoms with Gasteiger partial charge in [-0.25, -0.2) is 0 Å². The fourth-order valence-electron chi connectivity index (χ4n) is 1.77. The third kappa shape index (κ3) is 5.13. The van der Waals surface area contributed by atoms with Crippen molar-refractivity contribution in [3.63, 3.8) is 0 Å². The van der Waals surface area contributed by atoms with E-state index in [4.69, 9.17) is 33.7 Å². The number of nitrogens with two attached hydrogens (primary N) is 1. The molecule has 0 unspecified atom stereocenters. The second-order valence-corrected chi connectivity index (χ2v) is 5.49. The smallest absolute Gasteiger partial charge is 0.255 e. The van der Waals surface area contributed by atoms with Gasteiger partial charge in [-0.15, -0.1) is 0 Å². The Labute approximate surface area is 143 Å². The van der Waals surface area contributed by atoms with Crippen molar-refractivity contribution in [1.82, 2.24) is 0 Å². The van der Waals surface area contributed by atoms with Crippen LogP contribution in [0.15, 0.2) is 48.5 Å². The summed E-state index contributed by atoms with van der Waals surface area (Å²) in [6.45, 7) is -0.206. The molecule has 0 spiro atoms. The summed E-state index contributed by atoms with van der Waals surface area (Å²) in [7, 11) is 0. The van der Waals surface area contributed by atoms with Crippen LogP contribution in [0.5, 0.6) is 5.75 Å². The van der Waals surface area contributed by atoms with E-state index >= 15 is 0 Å². The lowest BCUT2D eigenvalue weighted by molar-refractivity contribution is -0.119. The second kappa shape index (κ2) is 7.81. The fraction of sp³-hybridized carbons (Fsp3) is 0.0588. The van der Waals surface area contributed by atoms with Crippen LogP contribution in [0.4, 0.5) is 0 Å². The van der Waals surface area contributed by atoms with E-state index < -0.39 is 5.91 Å². The topological polar surface area (TPSA) is 69.4 Å². The average molecular weight is 350 g/mol. The number of carbonyl (C=O) groups is 2. The molecule has 2 rings (SSSR count). The van der Waals surface area contributed by atoms with Gasteiger partial charge in [-0.05, 0) is 54.1 Å². The molecular formula is C17H13Cl2NO3. The second-order valence-electron chi connectivity index (χ2n) is 4.64.